The number of oxazole rings is 1. The first-order chi connectivity index (χ1) is 10.0. The number of hydrogen-bond donors (Lipinski definition) is 1. The number of rotatable bonds is 4. The first kappa shape index (κ1) is 13.7. The molecular formula is C14H13N2O4S+. The maximum Gasteiger partial charge on any atom is 0.509 e. The Balaban J connectivity index is 1.83. The molecule has 3 aromatic rings. The number of aryl methyl sites for hydroxylation is 1. The van der Waals surface area contributed by atoms with Crippen molar-refractivity contribution < 1.29 is 22.0 Å². The number of hydrogen-bond acceptors (Lipinski definition) is 4. The molecule has 0 saturated carbocycles. The van der Waals surface area contributed by atoms with E-state index in [2.05, 4.69) is 4.98 Å². The normalized spacial score (nSPS) is 11.9. The fourth-order valence-corrected chi connectivity index (χ4v) is 2.46. The predicted octanol–water partition coefficient (Wildman–Crippen LogP) is 1.53. The highest BCUT2D eigenvalue weighted by molar-refractivity contribution is 7.85. The van der Waals surface area contributed by atoms with Crippen molar-refractivity contribution in [2.75, 3.05) is 5.75 Å². The average molecular weight is 305 g/mol. The second-order valence-corrected chi connectivity index (χ2v) is 6.19. The summed E-state index contributed by atoms with van der Waals surface area (Å²) in [7, 11) is -3.94. The van der Waals surface area contributed by atoms with Crippen molar-refractivity contribution >= 4 is 21.2 Å². The average Bonchev–Trinajstić information content (AvgIpc) is 2.89. The molecule has 1 N–H and O–H groups in total. The van der Waals surface area contributed by atoms with Crippen molar-refractivity contribution in [2.24, 2.45) is 0 Å². The minimum absolute atomic E-state index is 0.257. The van der Waals surface area contributed by atoms with Crippen molar-refractivity contribution in [2.45, 2.75) is 6.42 Å². The van der Waals surface area contributed by atoms with Gasteiger partial charge in [-0.15, -0.1) is 0 Å². The van der Waals surface area contributed by atoms with Gasteiger partial charge in [0.05, 0.1) is 18.1 Å². The van der Waals surface area contributed by atoms with E-state index in [-0.39, 0.29) is 12.2 Å². The minimum Gasteiger partial charge on any atom is -0.384 e. The summed E-state index contributed by atoms with van der Waals surface area (Å²) in [5.41, 5.74) is 2.28. The topological polar surface area (TPSA) is 84.3 Å². The number of benzene rings is 1. The Morgan fingerprint density at radius 3 is 2.52 bits per heavy atom. The van der Waals surface area contributed by atoms with Crippen LogP contribution in [0.5, 0.6) is 0 Å². The minimum atomic E-state index is -3.94. The molecule has 0 bridgehead atoms. The van der Waals surface area contributed by atoms with Crippen LogP contribution in [0.4, 0.5) is 0 Å². The Labute approximate surface area is 121 Å². The van der Waals surface area contributed by atoms with E-state index in [1.807, 2.05) is 24.3 Å². The molecule has 0 aliphatic carbocycles. The van der Waals surface area contributed by atoms with Gasteiger partial charge >= 0.3 is 6.01 Å². The van der Waals surface area contributed by atoms with Crippen LogP contribution in [-0.2, 0) is 16.5 Å². The number of aromatic nitrogens is 2. The molecule has 108 valence electrons. The molecule has 0 spiro atoms. The van der Waals surface area contributed by atoms with Gasteiger partial charge in [0.15, 0.2) is 5.58 Å². The van der Waals surface area contributed by atoms with Gasteiger partial charge in [-0.1, -0.05) is 12.1 Å². The summed E-state index contributed by atoms with van der Waals surface area (Å²) in [6, 6.07) is 11.4. The van der Waals surface area contributed by atoms with Crippen molar-refractivity contribution in [3.8, 4) is 6.01 Å². The summed E-state index contributed by atoms with van der Waals surface area (Å²) in [5.74, 6) is -0.292. The summed E-state index contributed by atoms with van der Waals surface area (Å²) < 4.78 is 37.5. The van der Waals surface area contributed by atoms with E-state index in [1.54, 1.807) is 29.1 Å². The summed E-state index contributed by atoms with van der Waals surface area (Å²) in [5, 5.41) is 0. The van der Waals surface area contributed by atoms with Crippen LogP contribution in [0.1, 0.15) is 5.56 Å². The first-order valence-corrected chi connectivity index (χ1v) is 7.93. The Morgan fingerprint density at radius 2 is 1.86 bits per heavy atom. The van der Waals surface area contributed by atoms with Crippen molar-refractivity contribution in [3.63, 3.8) is 0 Å². The van der Waals surface area contributed by atoms with E-state index >= 15 is 0 Å². The molecule has 0 unspecified atom stereocenters. The standard InChI is InChI=1S/C14H12N2O4S/c17-21(18,19)10-7-11-5-8-16(9-6-11)14-15-12-3-1-2-4-13(12)20-14/h1-6,8-9H,7,10H2/p+1. The molecule has 1 aromatic carbocycles. The van der Waals surface area contributed by atoms with E-state index in [9.17, 15) is 8.42 Å². The third kappa shape index (κ3) is 3.26. The largest absolute Gasteiger partial charge is 0.509 e. The number of fused-ring (bicyclic) bond motifs is 1. The van der Waals surface area contributed by atoms with Crippen LogP contribution in [0.15, 0.2) is 53.2 Å². The maximum absolute atomic E-state index is 10.7. The van der Waals surface area contributed by atoms with Gasteiger partial charge in [0, 0.05) is 4.98 Å². The lowest BCUT2D eigenvalue weighted by atomic mass is 10.2. The van der Waals surface area contributed by atoms with Gasteiger partial charge in [-0.3, -0.25) is 4.55 Å². The van der Waals surface area contributed by atoms with Crippen LogP contribution in [-0.4, -0.2) is 23.7 Å². The van der Waals surface area contributed by atoms with Crippen LogP contribution in [0.25, 0.3) is 17.1 Å². The quantitative estimate of drug-likeness (QED) is 0.584. The zero-order valence-electron chi connectivity index (χ0n) is 11.0. The Morgan fingerprint density at radius 1 is 1.14 bits per heavy atom. The van der Waals surface area contributed by atoms with Gasteiger partial charge in [0.2, 0.25) is 5.52 Å². The Hall–Kier alpha value is -2.25. The monoisotopic (exact) mass is 305 g/mol. The molecular weight excluding hydrogens is 292 g/mol. The zero-order valence-corrected chi connectivity index (χ0v) is 11.8. The number of nitrogens with zero attached hydrogens (tertiary/aromatic N) is 2. The molecule has 3 rings (SSSR count). The summed E-state index contributed by atoms with van der Waals surface area (Å²) in [6.07, 6.45) is 3.74. The van der Waals surface area contributed by atoms with Crippen LogP contribution in [0.3, 0.4) is 0 Å². The van der Waals surface area contributed by atoms with Gasteiger partial charge < -0.3 is 4.42 Å². The van der Waals surface area contributed by atoms with E-state index in [4.69, 9.17) is 8.97 Å². The number of pyridine rings is 1. The van der Waals surface area contributed by atoms with Crippen LogP contribution in [0.2, 0.25) is 0 Å². The SMILES string of the molecule is O=S(=O)(O)CCc1cc[n+](-c2nc3ccccc3o2)cc1. The van der Waals surface area contributed by atoms with Crippen LogP contribution < -0.4 is 4.57 Å². The third-order valence-corrected chi connectivity index (χ3v) is 3.77. The van der Waals surface area contributed by atoms with Crippen LogP contribution >= 0.6 is 0 Å². The van der Waals surface area contributed by atoms with E-state index < -0.39 is 10.1 Å². The molecule has 0 aliphatic heterocycles. The van der Waals surface area contributed by atoms with Crippen molar-refractivity contribution in [3.05, 3.63) is 54.4 Å². The molecule has 7 heteroatoms. The van der Waals surface area contributed by atoms with Gasteiger partial charge in [-0.05, 0) is 36.2 Å². The van der Waals surface area contributed by atoms with Gasteiger partial charge in [0.25, 0.3) is 10.1 Å². The van der Waals surface area contributed by atoms with E-state index in [1.165, 1.54) is 0 Å². The fraction of sp³-hybridized carbons (Fsp3) is 0.143. The summed E-state index contributed by atoms with van der Waals surface area (Å²) in [6.45, 7) is 0. The molecule has 0 aliphatic rings. The molecule has 0 radical (unpaired) electrons. The van der Waals surface area contributed by atoms with E-state index in [0.717, 1.165) is 11.1 Å². The van der Waals surface area contributed by atoms with E-state index in [0.29, 0.717) is 11.6 Å². The van der Waals surface area contributed by atoms with Gasteiger partial charge in [0.1, 0.15) is 0 Å². The number of para-hydroxylation sites is 2. The lowest BCUT2D eigenvalue weighted by molar-refractivity contribution is -0.612. The molecule has 21 heavy (non-hydrogen) atoms. The third-order valence-electron chi connectivity index (χ3n) is 3.05. The molecule has 0 fully saturated rings. The summed E-state index contributed by atoms with van der Waals surface area (Å²) >= 11 is 0. The highest BCUT2D eigenvalue weighted by Gasteiger charge is 2.16. The first-order valence-electron chi connectivity index (χ1n) is 6.32. The zero-order chi connectivity index (χ0) is 14.9. The lowest BCUT2D eigenvalue weighted by Crippen LogP contribution is -2.29. The van der Waals surface area contributed by atoms with Crippen molar-refractivity contribution in [1.29, 1.82) is 0 Å². The van der Waals surface area contributed by atoms with Crippen LogP contribution in [0, 0.1) is 0 Å². The molecule has 2 heterocycles. The van der Waals surface area contributed by atoms with Gasteiger partial charge in [-0.25, -0.2) is 0 Å². The molecule has 0 atom stereocenters. The molecule has 6 nitrogen and oxygen atoms in total. The highest BCUT2D eigenvalue weighted by Crippen LogP contribution is 2.14. The fourth-order valence-electron chi connectivity index (χ4n) is 1.97. The molecule has 0 amide bonds. The lowest BCUT2D eigenvalue weighted by Gasteiger charge is -1.98. The second kappa shape index (κ2) is 5.27. The summed E-state index contributed by atoms with van der Waals surface area (Å²) in [4.78, 5) is 4.36. The Kier molecular flexibility index (Phi) is 3.44. The van der Waals surface area contributed by atoms with Gasteiger partial charge in [-0.2, -0.15) is 13.0 Å². The molecule has 2 aromatic heterocycles. The second-order valence-electron chi connectivity index (χ2n) is 4.61. The molecule has 0 saturated heterocycles. The van der Waals surface area contributed by atoms with Crippen molar-refractivity contribution in [1.82, 2.24) is 4.98 Å². The predicted molar refractivity (Wildman–Crippen MR) is 75.7 cm³/mol. The highest BCUT2D eigenvalue weighted by atomic mass is 32.2. The Bertz CT molecular complexity index is 836. The smallest absolute Gasteiger partial charge is 0.384 e. The maximum atomic E-state index is 10.7.